The van der Waals surface area contributed by atoms with Gasteiger partial charge in [-0.25, -0.2) is 4.98 Å². The average molecular weight is 247 g/mol. The number of para-hydroxylation sites is 2. The highest BCUT2D eigenvalue weighted by atomic mass is 16.3. The highest BCUT2D eigenvalue weighted by Crippen LogP contribution is 2.21. The lowest BCUT2D eigenvalue weighted by atomic mass is 10.1. The second-order valence-electron chi connectivity index (χ2n) is 4.54. The van der Waals surface area contributed by atoms with Crippen molar-refractivity contribution in [2.75, 3.05) is 19.7 Å². The Labute approximate surface area is 108 Å². The second kappa shape index (κ2) is 5.98. The Balaban J connectivity index is 2.38. The van der Waals surface area contributed by atoms with E-state index in [9.17, 15) is 5.11 Å². The molecule has 0 amide bonds. The Bertz CT molecular complexity index is 507. The number of nitrogens with zero attached hydrogens (tertiary/aromatic N) is 2. The molecule has 0 fully saturated rings. The van der Waals surface area contributed by atoms with E-state index >= 15 is 0 Å². The first-order valence-electron chi connectivity index (χ1n) is 6.54. The summed E-state index contributed by atoms with van der Waals surface area (Å²) >= 11 is 0. The van der Waals surface area contributed by atoms with Crippen molar-refractivity contribution in [3.63, 3.8) is 0 Å². The number of aliphatic hydroxyl groups is 1. The summed E-state index contributed by atoms with van der Waals surface area (Å²) in [6.07, 6.45) is 0. The molecule has 0 radical (unpaired) electrons. The fraction of sp³-hybridized carbons (Fsp3) is 0.500. The quantitative estimate of drug-likeness (QED) is 0.817. The second-order valence-corrected chi connectivity index (χ2v) is 4.54. The molecule has 0 saturated carbocycles. The lowest BCUT2D eigenvalue weighted by Crippen LogP contribution is -2.22. The lowest BCUT2D eigenvalue weighted by Gasteiger charge is -2.14. The van der Waals surface area contributed by atoms with Gasteiger partial charge in [-0.3, -0.25) is 0 Å². The minimum absolute atomic E-state index is 0.140. The smallest absolute Gasteiger partial charge is 0.114 e. The maximum atomic E-state index is 9.22. The maximum Gasteiger partial charge on any atom is 0.114 e. The van der Waals surface area contributed by atoms with E-state index in [0.29, 0.717) is 12.5 Å². The topological polar surface area (TPSA) is 50.1 Å². The Hall–Kier alpha value is -1.39. The number of rotatable bonds is 6. The molecule has 2 rings (SSSR count). The summed E-state index contributed by atoms with van der Waals surface area (Å²) < 4.78 is 2.12. The van der Waals surface area contributed by atoms with Crippen LogP contribution in [0, 0.1) is 0 Å². The molecule has 0 aliphatic heterocycles. The minimum atomic E-state index is 0.140. The van der Waals surface area contributed by atoms with Gasteiger partial charge >= 0.3 is 0 Å². The van der Waals surface area contributed by atoms with Crippen LogP contribution in [-0.2, 0) is 6.54 Å². The molecule has 1 unspecified atom stereocenters. The molecular weight excluding hydrogens is 226 g/mol. The molecular formula is C14H21N3O. The van der Waals surface area contributed by atoms with Gasteiger partial charge in [-0.05, 0) is 18.7 Å². The third-order valence-corrected chi connectivity index (χ3v) is 3.15. The summed E-state index contributed by atoms with van der Waals surface area (Å²) in [5.74, 6) is 1.38. The van der Waals surface area contributed by atoms with Crippen LogP contribution in [-0.4, -0.2) is 34.4 Å². The van der Waals surface area contributed by atoms with Gasteiger partial charge in [-0.15, -0.1) is 0 Å². The molecule has 1 aromatic heterocycles. The number of aliphatic hydroxyl groups excluding tert-OH is 1. The number of hydrogen-bond acceptors (Lipinski definition) is 3. The molecule has 0 bridgehead atoms. The normalized spacial score (nSPS) is 13.1. The summed E-state index contributed by atoms with van der Waals surface area (Å²) in [5, 5.41) is 12.6. The lowest BCUT2D eigenvalue weighted by molar-refractivity contribution is 0.275. The molecule has 2 N–H and O–H groups in total. The molecule has 98 valence electrons. The van der Waals surface area contributed by atoms with Gasteiger partial charge in [-0.2, -0.15) is 0 Å². The van der Waals surface area contributed by atoms with Gasteiger partial charge in [0.05, 0.1) is 17.6 Å². The van der Waals surface area contributed by atoms with E-state index in [1.54, 1.807) is 0 Å². The van der Waals surface area contributed by atoms with Gasteiger partial charge in [0.25, 0.3) is 0 Å². The number of imidazole rings is 1. The molecule has 4 nitrogen and oxygen atoms in total. The first-order valence-corrected chi connectivity index (χ1v) is 6.54. The Morgan fingerprint density at radius 1 is 1.39 bits per heavy atom. The van der Waals surface area contributed by atoms with Crippen molar-refractivity contribution in [3.8, 4) is 0 Å². The van der Waals surface area contributed by atoms with Gasteiger partial charge in [0, 0.05) is 19.0 Å². The highest BCUT2D eigenvalue weighted by Gasteiger charge is 2.15. The number of likely N-dealkylation sites (N-methyl/N-ethyl adjacent to an activating group) is 1. The standard InChI is InChI=1S/C14H21N3O/c1-3-15-10-11(2)14-16-12-6-4-5-7-13(12)17(14)8-9-18/h4-7,11,15,18H,3,8-10H2,1-2H3. The van der Waals surface area contributed by atoms with Crippen molar-refractivity contribution >= 4 is 11.0 Å². The van der Waals surface area contributed by atoms with Crippen LogP contribution in [0.3, 0.4) is 0 Å². The van der Waals surface area contributed by atoms with Crippen molar-refractivity contribution in [1.82, 2.24) is 14.9 Å². The van der Waals surface area contributed by atoms with Crippen molar-refractivity contribution in [2.24, 2.45) is 0 Å². The molecule has 0 spiro atoms. The van der Waals surface area contributed by atoms with E-state index < -0.39 is 0 Å². The third-order valence-electron chi connectivity index (χ3n) is 3.15. The molecule has 4 heteroatoms. The molecule has 1 heterocycles. The van der Waals surface area contributed by atoms with Gasteiger partial charge in [0.2, 0.25) is 0 Å². The first kappa shape index (κ1) is 13.1. The molecule has 0 saturated heterocycles. The Morgan fingerprint density at radius 2 is 2.17 bits per heavy atom. The summed E-state index contributed by atoms with van der Waals surface area (Å²) in [4.78, 5) is 4.70. The zero-order chi connectivity index (χ0) is 13.0. The number of nitrogens with one attached hydrogen (secondary N) is 1. The van der Waals surface area contributed by atoms with E-state index in [0.717, 1.165) is 29.9 Å². The highest BCUT2D eigenvalue weighted by molar-refractivity contribution is 5.76. The van der Waals surface area contributed by atoms with Gasteiger partial charge in [-0.1, -0.05) is 26.0 Å². The zero-order valence-corrected chi connectivity index (χ0v) is 11.1. The van der Waals surface area contributed by atoms with E-state index in [4.69, 9.17) is 4.98 Å². The molecule has 2 aromatic rings. The summed E-state index contributed by atoms with van der Waals surface area (Å²) in [6.45, 7) is 6.88. The molecule has 18 heavy (non-hydrogen) atoms. The van der Waals surface area contributed by atoms with Gasteiger partial charge in [0.15, 0.2) is 0 Å². The summed E-state index contributed by atoms with van der Waals surface area (Å²) in [5.41, 5.74) is 2.11. The number of fused-ring (bicyclic) bond motifs is 1. The number of hydrogen-bond donors (Lipinski definition) is 2. The van der Waals surface area contributed by atoms with Crippen LogP contribution >= 0.6 is 0 Å². The predicted octanol–water partition coefficient (Wildman–Crippen LogP) is 1.74. The molecule has 0 aliphatic carbocycles. The fourth-order valence-corrected chi connectivity index (χ4v) is 2.26. The van der Waals surface area contributed by atoms with E-state index in [2.05, 4.69) is 29.8 Å². The van der Waals surface area contributed by atoms with Crippen LogP contribution in [0.25, 0.3) is 11.0 Å². The zero-order valence-electron chi connectivity index (χ0n) is 11.1. The van der Waals surface area contributed by atoms with Crippen LogP contribution in [0.4, 0.5) is 0 Å². The van der Waals surface area contributed by atoms with Crippen molar-refractivity contribution in [1.29, 1.82) is 0 Å². The maximum absolute atomic E-state index is 9.22. The van der Waals surface area contributed by atoms with Crippen molar-refractivity contribution in [2.45, 2.75) is 26.3 Å². The summed E-state index contributed by atoms with van der Waals surface area (Å²) in [7, 11) is 0. The Kier molecular flexibility index (Phi) is 4.33. The van der Waals surface area contributed by atoms with Crippen molar-refractivity contribution in [3.05, 3.63) is 30.1 Å². The first-order chi connectivity index (χ1) is 8.77. The minimum Gasteiger partial charge on any atom is -0.395 e. The largest absolute Gasteiger partial charge is 0.395 e. The van der Waals surface area contributed by atoms with Crippen LogP contribution in [0.2, 0.25) is 0 Å². The number of aromatic nitrogens is 2. The van der Waals surface area contributed by atoms with Crippen LogP contribution < -0.4 is 5.32 Å². The predicted molar refractivity (Wildman–Crippen MR) is 73.8 cm³/mol. The van der Waals surface area contributed by atoms with Crippen LogP contribution in [0.1, 0.15) is 25.6 Å². The summed E-state index contributed by atoms with van der Waals surface area (Å²) in [6, 6.07) is 8.09. The van der Waals surface area contributed by atoms with E-state index in [1.807, 2.05) is 18.2 Å². The Morgan fingerprint density at radius 3 is 2.89 bits per heavy atom. The molecule has 0 aliphatic rings. The monoisotopic (exact) mass is 247 g/mol. The van der Waals surface area contributed by atoms with E-state index in [-0.39, 0.29) is 6.61 Å². The SMILES string of the molecule is CCNCC(C)c1nc2ccccc2n1CCO. The molecule has 1 atom stereocenters. The number of benzene rings is 1. The van der Waals surface area contributed by atoms with Crippen LogP contribution in [0.5, 0.6) is 0 Å². The molecule has 1 aromatic carbocycles. The van der Waals surface area contributed by atoms with E-state index in [1.165, 1.54) is 0 Å². The van der Waals surface area contributed by atoms with Crippen LogP contribution in [0.15, 0.2) is 24.3 Å². The van der Waals surface area contributed by atoms with Crippen molar-refractivity contribution < 1.29 is 5.11 Å². The fourth-order valence-electron chi connectivity index (χ4n) is 2.26. The van der Waals surface area contributed by atoms with Gasteiger partial charge in [0.1, 0.15) is 5.82 Å². The average Bonchev–Trinajstić information content (AvgIpc) is 2.76. The van der Waals surface area contributed by atoms with Gasteiger partial charge < -0.3 is 15.0 Å². The third kappa shape index (κ3) is 2.54.